The van der Waals surface area contributed by atoms with E-state index in [4.69, 9.17) is 16.7 Å². The van der Waals surface area contributed by atoms with E-state index < -0.39 is 0 Å². The van der Waals surface area contributed by atoms with Crippen LogP contribution >= 0.6 is 11.6 Å². The van der Waals surface area contributed by atoms with Gasteiger partial charge in [0, 0.05) is 32.4 Å². The number of hydrogen-bond acceptors (Lipinski definition) is 4. The largest absolute Gasteiger partial charge is 0.396 e. The lowest BCUT2D eigenvalue weighted by Crippen LogP contribution is -2.35. The van der Waals surface area contributed by atoms with Crippen LogP contribution in [0.15, 0.2) is 12.3 Å². The van der Waals surface area contributed by atoms with Crippen LogP contribution in [0.4, 0.5) is 5.82 Å². The first-order chi connectivity index (χ1) is 9.67. The highest BCUT2D eigenvalue weighted by molar-refractivity contribution is 6.33. The van der Waals surface area contributed by atoms with Gasteiger partial charge >= 0.3 is 0 Å². The summed E-state index contributed by atoms with van der Waals surface area (Å²) in [5, 5.41) is 12.2. The highest BCUT2D eigenvalue weighted by Crippen LogP contribution is 2.25. The number of hydrogen-bond donors (Lipinski definition) is 2. The number of rotatable bonds is 5. The zero-order valence-electron chi connectivity index (χ0n) is 11.6. The van der Waals surface area contributed by atoms with Gasteiger partial charge in [0.1, 0.15) is 5.82 Å². The van der Waals surface area contributed by atoms with Crippen LogP contribution in [0.3, 0.4) is 0 Å². The summed E-state index contributed by atoms with van der Waals surface area (Å²) in [5.74, 6) is 0.545. The zero-order chi connectivity index (χ0) is 14.5. The summed E-state index contributed by atoms with van der Waals surface area (Å²) in [6.07, 6.45) is 5.14. The average molecular weight is 298 g/mol. The minimum Gasteiger partial charge on any atom is -0.396 e. The number of nitrogens with zero attached hydrogens (tertiary/aromatic N) is 2. The van der Waals surface area contributed by atoms with Crippen LogP contribution in [-0.4, -0.2) is 47.1 Å². The van der Waals surface area contributed by atoms with E-state index in [1.54, 1.807) is 19.3 Å². The fourth-order valence-corrected chi connectivity index (χ4v) is 2.90. The third kappa shape index (κ3) is 3.22. The second kappa shape index (κ2) is 6.90. The van der Waals surface area contributed by atoms with Crippen molar-refractivity contribution in [1.82, 2.24) is 9.88 Å². The number of amides is 1. The Kier molecular flexibility index (Phi) is 5.20. The molecule has 1 fully saturated rings. The molecule has 2 N–H and O–H groups in total. The van der Waals surface area contributed by atoms with Gasteiger partial charge in [-0.1, -0.05) is 11.6 Å². The maximum Gasteiger partial charge on any atom is 0.255 e. The van der Waals surface area contributed by atoms with E-state index in [-0.39, 0.29) is 18.6 Å². The van der Waals surface area contributed by atoms with Gasteiger partial charge in [-0.05, 0) is 31.7 Å². The minimum absolute atomic E-state index is 0.0255. The van der Waals surface area contributed by atoms with Gasteiger partial charge in [-0.15, -0.1) is 0 Å². The summed E-state index contributed by atoms with van der Waals surface area (Å²) in [6, 6.07) is 1.88. The van der Waals surface area contributed by atoms with Crippen molar-refractivity contribution in [3.63, 3.8) is 0 Å². The fourth-order valence-electron chi connectivity index (χ4n) is 2.63. The van der Waals surface area contributed by atoms with E-state index in [2.05, 4.69) is 10.3 Å². The maximum atomic E-state index is 12.5. The molecule has 1 aliphatic heterocycles. The van der Waals surface area contributed by atoms with Gasteiger partial charge in [-0.3, -0.25) is 4.79 Å². The Morgan fingerprint density at radius 1 is 1.65 bits per heavy atom. The molecular formula is C14H20ClN3O2. The molecule has 1 saturated heterocycles. The van der Waals surface area contributed by atoms with Gasteiger partial charge in [0.25, 0.3) is 5.91 Å². The van der Waals surface area contributed by atoms with Crippen molar-refractivity contribution in [2.75, 3.05) is 25.5 Å². The molecule has 5 nitrogen and oxygen atoms in total. The van der Waals surface area contributed by atoms with Crippen LogP contribution in [0.5, 0.6) is 0 Å². The number of pyridine rings is 1. The molecule has 2 rings (SSSR count). The molecule has 2 heterocycles. The monoisotopic (exact) mass is 297 g/mol. The third-order valence-electron chi connectivity index (χ3n) is 3.66. The number of aromatic nitrogens is 1. The molecule has 1 aromatic heterocycles. The Bertz CT molecular complexity index is 481. The quantitative estimate of drug-likeness (QED) is 0.874. The first-order valence-electron chi connectivity index (χ1n) is 6.92. The van der Waals surface area contributed by atoms with E-state index >= 15 is 0 Å². The molecule has 1 aromatic rings. The molecule has 0 bridgehead atoms. The average Bonchev–Trinajstić information content (AvgIpc) is 2.92. The van der Waals surface area contributed by atoms with Gasteiger partial charge in [0.15, 0.2) is 0 Å². The van der Waals surface area contributed by atoms with Crippen LogP contribution in [0.2, 0.25) is 5.02 Å². The van der Waals surface area contributed by atoms with Crippen LogP contribution in [-0.2, 0) is 0 Å². The Balaban J connectivity index is 2.11. The predicted octanol–water partition coefficient (Wildman–Crippen LogP) is 2.15. The molecule has 1 unspecified atom stereocenters. The molecule has 110 valence electrons. The molecule has 0 radical (unpaired) electrons. The topological polar surface area (TPSA) is 65.5 Å². The predicted molar refractivity (Wildman–Crippen MR) is 79.2 cm³/mol. The Labute approximate surface area is 123 Å². The van der Waals surface area contributed by atoms with E-state index in [0.29, 0.717) is 16.4 Å². The van der Waals surface area contributed by atoms with Crippen molar-refractivity contribution in [2.45, 2.75) is 31.7 Å². The number of nitrogens with one attached hydrogen (secondary N) is 1. The van der Waals surface area contributed by atoms with Crippen molar-refractivity contribution < 1.29 is 9.90 Å². The number of halogens is 1. The normalized spacial score (nSPS) is 18.4. The fraction of sp³-hybridized carbons (Fsp3) is 0.571. The first-order valence-corrected chi connectivity index (χ1v) is 7.30. The highest BCUT2D eigenvalue weighted by Gasteiger charge is 2.29. The lowest BCUT2D eigenvalue weighted by Gasteiger charge is -2.24. The zero-order valence-corrected chi connectivity index (χ0v) is 12.4. The molecule has 6 heteroatoms. The lowest BCUT2D eigenvalue weighted by molar-refractivity contribution is 0.0724. The molecule has 0 saturated carbocycles. The minimum atomic E-state index is -0.0255. The number of aliphatic hydroxyl groups excluding tert-OH is 1. The summed E-state index contributed by atoms with van der Waals surface area (Å²) < 4.78 is 0. The molecule has 0 aromatic carbocycles. The lowest BCUT2D eigenvalue weighted by atomic mass is 10.1. The van der Waals surface area contributed by atoms with Crippen molar-refractivity contribution in [2.24, 2.45) is 0 Å². The van der Waals surface area contributed by atoms with E-state index in [0.717, 1.165) is 32.2 Å². The number of likely N-dealkylation sites (tertiary alicyclic amines) is 1. The summed E-state index contributed by atoms with van der Waals surface area (Å²) in [7, 11) is 1.74. The van der Waals surface area contributed by atoms with E-state index in [1.807, 2.05) is 4.90 Å². The summed E-state index contributed by atoms with van der Waals surface area (Å²) in [4.78, 5) is 18.5. The standard InChI is InChI=1S/C14H20ClN3O2/c1-16-13-12(15)8-10(9-17-13)14(20)18-6-2-4-11(18)5-3-7-19/h8-9,11,19H,2-7H2,1H3,(H,16,17). The summed E-state index contributed by atoms with van der Waals surface area (Å²) in [6.45, 7) is 0.934. The van der Waals surface area contributed by atoms with E-state index in [1.165, 1.54) is 0 Å². The molecule has 0 aliphatic carbocycles. The van der Waals surface area contributed by atoms with Crippen LogP contribution < -0.4 is 5.32 Å². The molecule has 1 aliphatic rings. The summed E-state index contributed by atoms with van der Waals surface area (Å²) in [5.41, 5.74) is 0.518. The van der Waals surface area contributed by atoms with Crippen molar-refractivity contribution in [3.8, 4) is 0 Å². The van der Waals surface area contributed by atoms with Gasteiger partial charge < -0.3 is 15.3 Å². The maximum absolute atomic E-state index is 12.5. The molecule has 1 amide bonds. The number of carbonyl (C=O) groups excluding carboxylic acids is 1. The summed E-state index contributed by atoms with van der Waals surface area (Å²) >= 11 is 6.07. The van der Waals surface area contributed by atoms with Gasteiger partial charge in [0.05, 0.1) is 10.6 Å². The van der Waals surface area contributed by atoms with Gasteiger partial charge in [-0.2, -0.15) is 0 Å². The smallest absolute Gasteiger partial charge is 0.255 e. The molecule has 20 heavy (non-hydrogen) atoms. The van der Waals surface area contributed by atoms with Gasteiger partial charge in [-0.25, -0.2) is 4.98 Å². The number of anilines is 1. The molecule has 0 spiro atoms. The third-order valence-corrected chi connectivity index (χ3v) is 3.95. The molecular weight excluding hydrogens is 278 g/mol. The van der Waals surface area contributed by atoms with Crippen LogP contribution in [0.1, 0.15) is 36.0 Å². The Morgan fingerprint density at radius 2 is 2.45 bits per heavy atom. The van der Waals surface area contributed by atoms with Crippen LogP contribution in [0, 0.1) is 0 Å². The second-order valence-corrected chi connectivity index (χ2v) is 5.37. The highest BCUT2D eigenvalue weighted by atomic mass is 35.5. The first kappa shape index (κ1) is 15.1. The van der Waals surface area contributed by atoms with E-state index in [9.17, 15) is 4.79 Å². The van der Waals surface area contributed by atoms with Crippen molar-refractivity contribution >= 4 is 23.3 Å². The Hall–Kier alpha value is -1.33. The van der Waals surface area contributed by atoms with Gasteiger partial charge in [0.2, 0.25) is 0 Å². The van der Waals surface area contributed by atoms with Crippen LogP contribution in [0.25, 0.3) is 0 Å². The van der Waals surface area contributed by atoms with Crippen molar-refractivity contribution in [1.29, 1.82) is 0 Å². The SMILES string of the molecule is CNc1ncc(C(=O)N2CCCC2CCCO)cc1Cl. The number of aliphatic hydroxyl groups is 1. The Morgan fingerprint density at radius 3 is 3.10 bits per heavy atom. The second-order valence-electron chi connectivity index (χ2n) is 4.96. The van der Waals surface area contributed by atoms with Crippen molar-refractivity contribution in [3.05, 3.63) is 22.8 Å². The number of carbonyl (C=O) groups is 1. The molecule has 1 atom stereocenters.